The Morgan fingerprint density at radius 2 is 1.81 bits per heavy atom. The molecular weight excluding hydrogens is 391 g/mol. The van der Waals surface area contributed by atoms with Crippen LogP contribution in [0.15, 0.2) is 24.5 Å². The summed E-state index contributed by atoms with van der Waals surface area (Å²) in [6.45, 7) is 5.08. The minimum Gasteiger partial charge on any atom is -0.480 e. The van der Waals surface area contributed by atoms with E-state index in [1.54, 1.807) is 55.8 Å². The highest BCUT2D eigenvalue weighted by Crippen LogP contribution is 2.38. The Kier molecular flexibility index (Phi) is 4.97. The number of carboxylic acids is 1. The van der Waals surface area contributed by atoms with Gasteiger partial charge in [-0.1, -0.05) is 23.2 Å². The summed E-state index contributed by atoms with van der Waals surface area (Å²) in [6, 6.07) is 3.36. The number of carboxylic acid groups (broad SMARTS) is 1. The Labute approximate surface area is 166 Å². The average molecular weight is 409 g/mol. The lowest BCUT2D eigenvalue weighted by atomic mass is 10.1. The maximum atomic E-state index is 12.3. The summed E-state index contributed by atoms with van der Waals surface area (Å²) in [5.74, 6) is -0.994. The lowest BCUT2D eigenvalue weighted by molar-refractivity contribution is -0.137. The fourth-order valence-electron chi connectivity index (χ4n) is 2.87. The van der Waals surface area contributed by atoms with Crippen molar-refractivity contribution in [1.82, 2.24) is 9.47 Å². The van der Waals surface area contributed by atoms with Gasteiger partial charge in [-0.25, -0.2) is 4.79 Å². The Balaban J connectivity index is 2.14. The molecule has 142 valence electrons. The molecule has 6 nitrogen and oxygen atoms in total. The number of halogens is 2. The van der Waals surface area contributed by atoms with E-state index >= 15 is 0 Å². The molecule has 2 heterocycles. The fourth-order valence-corrected chi connectivity index (χ4v) is 3.29. The van der Waals surface area contributed by atoms with Crippen LogP contribution in [0.2, 0.25) is 10.0 Å². The van der Waals surface area contributed by atoms with Crippen LogP contribution in [-0.2, 0) is 16.1 Å². The smallest absolute Gasteiger partial charge is 0.418 e. The largest absolute Gasteiger partial charge is 0.480 e. The highest BCUT2D eigenvalue weighted by molar-refractivity contribution is 6.45. The van der Waals surface area contributed by atoms with E-state index in [1.807, 2.05) is 0 Å². The van der Waals surface area contributed by atoms with Crippen molar-refractivity contribution in [1.29, 1.82) is 0 Å². The highest BCUT2D eigenvalue weighted by Gasteiger charge is 2.24. The molecule has 1 aromatic heterocycles. The molecule has 0 saturated heterocycles. The molecule has 2 aromatic rings. The number of fused-ring (bicyclic) bond motifs is 3. The number of aromatic nitrogens is 1. The second-order valence-corrected chi connectivity index (χ2v) is 7.84. The number of amides is 1. The minimum atomic E-state index is -0.994. The van der Waals surface area contributed by atoms with Gasteiger partial charge in [-0.2, -0.15) is 0 Å². The first-order valence-electron chi connectivity index (χ1n) is 8.18. The van der Waals surface area contributed by atoms with Gasteiger partial charge in [0, 0.05) is 23.3 Å². The van der Waals surface area contributed by atoms with Crippen LogP contribution in [-0.4, -0.2) is 32.2 Å². The Morgan fingerprint density at radius 3 is 2.44 bits per heavy atom. The summed E-state index contributed by atoms with van der Waals surface area (Å²) < 4.78 is 6.99. The van der Waals surface area contributed by atoms with Crippen molar-refractivity contribution in [2.45, 2.75) is 32.9 Å². The number of carbonyl (C=O) groups excluding carboxylic acids is 1. The topological polar surface area (TPSA) is 71.8 Å². The van der Waals surface area contributed by atoms with E-state index in [1.165, 1.54) is 11.1 Å². The molecule has 0 radical (unpaired) electrons. The second-order valence-electron chi connectivity index (χ2n) is 7.05. The Hall–Kier alpha value is -2.44. The fraction of sp³-hybridized carbons (Fsp3) is 0.263. The van der Waals surface area contributed by atoms with Crippen LogP contribution in [0.5, 0.6) is 0 Å². The molecule has 0 saturated carbocycles. The Morgan fingerprint density at radius 1 is 1.15 bits per heavy atom. The van der Waals surface area contributed by atoms with Gasteiger partial charge in [0.15, 0.2) is 0 Å². The van der Waals surface area contributed by atoms with Crippen molar-refractivity contribution in [2.24, 2.45) is 0 Å². The summed E-state index contributed by atoms with van der Waals surface area (Å²) in [7, 11) is 0. The third kappa shape index (κ3) is 3.82. The van der Waals surface area contributed by atoms with Crippen LogP contribution in [0.4, 0.5) is 4.79 Å². The van der Waals surface area contributed by atoms with Gasteiger partial charge in [-0.3, -0.25) is 9.69 Å². The van der Waals surface area contributed by atoms with E-state index in [-0.39, 0.29) is 6.54 Å². The molecule has 1 N–H and O–H groups in total. The van der Waals surface area contributed by atoms with Gasteiger partial charge >= 0.3 is 12.1 Å². The van der Waals surface area contributed by atoms with Crippen LogP contribution >= 0.6 is 23.2 Å². The molecule has 0 spiro atoms. The van der Waals surface area contributed by atoms with Crippen molar-refractivity contribution in [3.63, 3.8) is 0 Å². The molecule has 0 atom stereocenters. The van der Waals surface area contributed by atoms with Gasteiger partial charge in [-0.05, 0) is 45.1 Å². The number of hydrogen-bond donors (Lipinski definition) is 1. The number of hydrogen-bond acceptors (Lipinski definition) is 3. The first-order chi connectivity index (χ1) is 12.6. The van der Waals surface area contributed by atoms with E-state index in [0.29, 0.717) is 32.2 Å². The van der Waals surface area contributed by atoms with Crippen molar-refractivity contribution in [3.8, 4) is 0 Å². The predicted octanol–water partition coefficient (Wildman–Crippen LogP) is 5.22. The van der Waals surface area contributed by atoms with Crippen molar-refractivity contribution < 1.29 is 19.4 Å². The molecule has 1 aliphatic heterocycles. The molecule has 3 rings (SSSR count). The zero-order valence-corrected chi connectivity index (χ0v) is 16.5. The first kappa shape index (κ1) is 19.3. The van der Waals surface area contributed by atoms with Crippen molar-refractivity contribution in [2.75, 3.05) is 0 Å². The van der Waals surface area contributed by atoms with Crippen molar-refractivity contribution in [3.05, 3.63) is 45.8 Å². The summed E-state index contributed by atoms with van der Waals surface area (Å²) in [5, 5.41) is 10.6. The zero-order valence-electron chi connectivity index (χ0n) is 15.0. The second kappa shape index (κ2) is 6.94. The normalized spacial score (nSPS) is 13.6. The quantitative estimate of drug-likeness (QED) is 0.738. The number of aliphatic carboxylic acids is 1. The average Bonchev–Trinajstić information content (AvgIpc) is 2.70. The van der Waals surface area contributed by atoms with Gasteiger partial charge in [0.1, 0.15) is 12.1 Å². The molecule has 1 aromatic carbocycles. The zero-order chi connectivity index (χ0) is 19.9. The summed E-state index contributed by atoms with van der Waals surface area (Å²) in [6.07, 6.45) is 5.90. The number of ether oxygens (including phenoxy) is 1. The molecule has 8 heteroatoms. The number of nitrogens with zero attached hydrogens (tertiary/aromatic N) is 2. The first-order valence-corrected chi connectivity index (χ1v) is 8.94. The summed E-state index contributed by atoms with van der Waals surface area (Å²) in [4.78, 5) is 25.0. The Bertz CT molecular complexity index is 1000. The number of benzene rings is 1. The SMILES string of the molecule is CC(C)(C)OC(=O)N1C=Cc2c(n(CC(=O)O)c3ccc(Cl)c(Cl)c23)C=C1. The molecule has 27 heavy (non-hydrogen) atoms. The molecule has 1 amide bonds. The standard InChI is InChI=1S/C19H18Cl2N2O4/c1-19(2,3)27-18(26)22-8-6-11-13(7-9-22)23(10-15(24)25)14-5-4-12(20)17(21)16(11)14/h4-9H,10H2,1-3H3,(H,24,25). The monoisotopic (exact) mass is 408 g/mol. The lowest BCUT2D eigenvalue weighted by Crippen LogP contribution is -2.30. The van der Waals surface area contributed by atoms with Crippen LogP contribution in [0.25, 0.3) is 23.1 Å². The minimum absolute atomic E-state index is 0.256. The predicted molar refractivity (Wildman–Crippen MR) is 106 cm³/mol. The molecular formula is C19H18Cl2N2O4. The van der Waals surface area contributed by atoms with Crippen molar-refractivity contribution >= 4 is 58.3 Å². The summed E-state index contributed by atoms with van der Waals surface area (Å²) in [5.41, 5.74) is 1.30. The number of rotatable bonds is 2. The van der Waals surface area contributed by atoms with E-state index in [9.17, 15) is 14.7 Å². The molecule has 1 aliphatic rings. The third-order valence-corrected chi connectivity index (χ3v) is 4.70. The van der Waals surface area contributed by atoms with E-state index < -0.39 is 17.7 Å². The van der Waals surface area contributed by atoms with Gasteiger partial charge < -0.3 is 14.4 Å². The van der Waals surface area contributed by atoms with Crippen LogP contribution in [0, 0.1) is 0 Å². The maximum Gasteiger partial charge on any atom is 0.418 e. The maximum absolute atomic E-state index is 12.3. The van der Waals surface area contributed by atoms with E-state index in [2.05, 4.69) is 0 Å². The van der Waals surface area contributed by atoms with Gasteiger partial charge in [-0.15, -0.1) is 0 Å². The molecule has 0 bridgehead atoms. The van der Waals surface area contributed by atoms with Gasteiger partial charge in [0.05, 0.1) is 21.3 Å². The lowest BCUT2D eigenvalue weighted by Gasteiger charge is -2.22. The molecule has 0 fully saturated rings. The van der Waals surface area contributed by atoms with Crippen LogP contribution in [0.1, 0.15) is 32.0 Å². The molecule has 0 aliphatic carbocycles. The van der Waals surface area contributed by atoms with Gasteiger partial charge in [0.25, 0.3) is 0 Å². The van der Waals surface area contributed by atoms with Crippen LogP contribution < -0.4 is 0 Å². The summed E-state index contributed by atoms with van der Waals surface area (Å²) >= 11 is 12.5. The third-order valence-electron chi connectivity index (χ3n) is 3.89. The van der Waals surface area contributed by atoms with E-state index in [0.717, 1.165) is 0 Å². The number of carbonyl (C=O) groups is 2. The van der Waals surface area contributed by atoms with Crippen LogP contribution in [0.3, 0.4) is 0 Å². The molecule has 0 unspecified atom stereocenters. The van der Waals surface area contributed by atoms with Gasteiger partial charge in [0.2, 0.25) is 0 Å². The van der Waals surface area contributed by atoms with E-state index in [4.69, 9.17) is 27.9 Å². The highest BCUT2D eigenvalue weighted by atomic mass is 35.5.